The molecule has 0 bridgehead atoms. The zero-order valence-corrected chi connectivity index (χ0v) is 17.3. The van der Waals surface area contributed by atoms with Gasteiger partial charge in [-0.15, -0.1) is 0 Å². The van der Waals surface area contributed by atoms with Crippen molar-refractivity contribution in [1.82, 2.24) is 9.80 Å². The monoisotopic (exact) mass is 434 g/mol. The van der Waals surface area contributed by atoms with E-state index in [-0.39, 0.29) is 5.91 Å². The Hall–Kier alpha value is -2.43. The van der Waals surface area contributed by atoms with Gasteiger partial charge in [-0.2, -0.15) is 0 Å². The number of piperazine rings is 1. The number of carbonyl (C=O) groups is 1. The first-order valence-electron chi connectivity index (χ1n) is 9.60. The Kier molecular flexibility index (Phi) is 5.89. The Morgan fingerprint density at radius 1 is 0.786 bits per heavy atom. The van der Waals surface area contributed by atoms with Gasteiger partial charge in [0.25, 0.3) is 5.91 Å². The zero-order chi connectivity index (χ0) is 19.3. The zero-order valence-electron chi connectivity index (χ0n) is 15.7. The maximum atomic E-state index is 12.9. The normalized spacial score (nSPS) is 14.8. The van der Waals surface area contributed by atoms with E-state index in [1.807, 2.05) is 53.4 Å². The van der Waals surface area contributed by atoms with Crippen molar-refractivity contribution in [1.29, 1.82) is 0 Å². The van der Waals surface area contributed by atoms with Gasteiger partial charge in [0.1, 0.15) is 0 Å². The van der Waals surface area contributed by atoms with Crippen LogP contribution in [0, 0.1) is 0 Å². The van der Waals surface area contributed by atoms with Gasteiger partial charge in [0, 0.05) is 42.8 Å². The van der Waals surface area contributed by atoms with E-state index in [0.717, 1.165) is 48.3 Å². The number of halogens is 1. The maximum Gasteiger partial charge on any atom is 0.253 e. The second-order valence-corrected chi connectivity index (χ2v) is 8.06. The molecule has 4 heteroatoms. The third kappa shape index (κ3) is 4.51. The molecule has 0 spiro atoms. The quantitative estimate of drug-likeness (QED) is 0.571. The Morgan fingerprint density at radius 3 is 2.14 bits per heavy atom. The number of hydrogen-bond acceptors (Lipinski definition) is 2. The van der Waals surface area contributed by atoms with E-state index in [9.17, 15) is 4.79 Å². The molecular formula is C24H23BrN2O. The maximum absolute atomic E-state index is 12.9. The SMILES string of the molecule is O=C(c1ccc(-c2ccccc2)cc1)N1CCN(Cc2cccc(Br)c2)CC1. The molecular weight excluding hydrogens is 412 g/mol. The van der Waals surface area contributed by atoms with Crippen LogP contribution in [0.3, 0.4) is 0 Å². The van der Waals surface area contributed by atoms with Crippen molar-refractivity contribution in [2.75, 3.05) is 26.2 Å². The van der Waals surface area contributed by atoms with Gasteiger partial charge in [0.05, 0.1) is 0 Å². The number of amides is 1. The summed E-state index contributed by atoms with van der Waals surface area (Å²) in [5.74, 6) is 0.127. The summed E-state index contributed by atoms with van der Waals surface area (Å²) in [5.41, 5.74) is 4.37. The predicted molar refractivity (Wildman–Crippen MR) is 117 cm³/mol. The molecule has 0 aromatic heterocycles. The highest BCUT2D eigenvalue weighted by Crippen LogP contribution is 2.20. The fourth-order valence-corrected chi connectivity index (χ4v) is 4.07. The molecule has 0 aliphatic carbocycles. The predicted octanol–water partition coefficient (Wildman–Crippen LogP) is 5.07. The lowest BCUT2D eigenvalue weighted by molar-refractivity contribution is 0.0628. The average molecular weight is 435 g/mol. The molecule has 0 radical (unpaired) electrons. The van der Waals surface area contributed by atoms with E-state index in [1.165, 1.54) is 11.1 Å². The van der Waals surface area contributed by atoms with Crippen LogP contribution in [-0.4, -0.2) is 41.9 Å². The first-order valence-corrected chi connectivity index (χ1v) is 10.4. The van der Waals surface area contributed by atoms with Gasteiger partial charge in [-0.3, -0.25) is 9.69 Å². The molecule has 0 saturated carbocycles. The summed E-state index contributed by atoms with van der Waals surface area (Å²) in [4.78, 5) is 17.2. The van der Waals surface area contributed by atoms with Crippen molar-refractivity contribution in [3.8, 4) is 11.1 Å². The van der Waals surface area contributed by atoms with Crippen LogP contribution in [0.4, 0.5) is 0 Å². The highest BCUT2D eigenvalue weighted by atomic mass is 79.9. The van der Waals surface area contributed by atoms with E-state index < -0.39 is 0 Å². The fraction of sp³-hybridized carbons (Fsp3) is 0.208. The van der Waals surface area contributed by atoms with Crippen LogP contribution in [0.15, 0.2) is 83.3 Å². The molecule has 0 N–H and O–H groups in total. The highest BCUT2D eigenvalue weighted by Gasteiger charge is 2.22. The van der Waals surface area contributed by atoms with Crippen LogP contribution >= 0.6 is 15.9 Å². The Morgan fingerprint density at radius 2 is 1.46 bits per heavy atom. The Bertz CT molecular complexity index is 932. The van der Waals surface area contributed by atoms with Crippen molar-refractivity contribution >= 4 is 21.8 Å². The minimum Gasteiger partial charge on any atom is -0.336 e. The minimum absolute atomic E-state index is 0.127. The third-order valence-corrected chi connectivity index (χ3v) is 5.69. The highest BCUT2D eigenvalue weighted by molar-refractivity contribution is 9.10. The van der Waals surface area contributed by atoms with Gasteiger partial charge < -0.3 is 4.90 Å². The Balaban J connectivity index is 1.35. The number of rotatable bonds is 4. The van der Waals surface area contributed by atoms with Gasteiger partial charge >= 0.3 is 0 Å². The topological polar surface area (TPSA) is 23.6 Å². The number of hydrogen-bond donors (Lipinski definition) is 0. The van der Waals surface area contributed by atoms with Gasteiger partial charge in [0.15, 0.2) is 0 Å². The molecule has 4 rings (SSSR count). The summed E-state index contributed by atoms with van der Waals surface area (Å²) < 4.78 is 1.11. The van der Waals surface area contributed by atoms with Crippen molar-refractivity contribution in [2.24, 2.45) is 0 Å². The van der Waals surface area contributed by atoms with Crippen LogP contribution < -0.4 is 0 Å². The lowest BCUT2D eigenvalue weighted by atomic mass is 10.0. The molecule has 28 heavy (non-hydrogen) atoms. The first-order chi connectivity index (χ1) is 13.7. The number of nitrogens with zero attached hydrogens (tertiary/aromatic N) is 2. The van der Waals surface area contributed by atoms with Crippen molar-refractivity contribution in [2.45, 2.75) is 6.54 Å². The molecule has 0 atom stereocenters. The molecule has 3 aromatic rings. The standard InChI is InChI=1S/C24H23BrN2O/c25-23-8-4-5-19(17-23)18-26-13-15-27(16-14-26)24(28)22-11-9-21(10-12-22)20-6-2-1-3-7-20/h1-12,17H,13-16,18H2. The minimum atomic E-state index is 0.127. The summed E-state index contributed by atoms with van der Waals surface area (Å²) in [6.45, 7) is 4.27. The number of carbonyl (C=O) groups excluding carboxylic acids is 1. The van der Waals surface area contributed by atoms with Gasteiger partial charge in [-0.05, 0) is 41.0 Å². The van der Waals surface area contributed by atoms with E-state index in [2.05, 4.69) is 51.2 Å². The van der Waals surface area contributed by atoms with Crippen LogP contribution in [0.25, 0.3) is 11.1 Å². The van der Waals surface area contributed by atoms with E-state index in [1.54, 1.807) is 0 Å². The molecule has 1 amide bonds. The van der Waals surface area contributed by atoms with Crippen LogP contribution in [0.1, 0.15) is 15.9 Å². The lowest BCUT2D eigenvalue weighted by Gasteiger charge is -2.34. The summed E-state index contributed by atoms with van der Waals surface area (Å²) in [5, 5.41) is 0. The molecule has 1 aliphatic rings. The van der Waals surface area contributed by atoms with Crippen molar-refractivity contribution < 1.29 is 4.79 Å². The average Bonchev–Trinajstić information content (AvgIpc) is 2.75. The Labute approximate surface area is 174 Å². The molecule has 3 aromatic carbocycles. The van der Waals surface area contributed by atoms with Gasteiger partial charge in [-0.25, -0.2) is 0 Å². The van der Waals surface area contributed by atoms with Gasteiger partial charge in [-0.1, -0.05) is 70.5 Å². The van der Waals surface area contributed by atoms with E-state index in [0.29, 0.717) is 0 Å². The molecule has 3 nitrogen and oxygen atoms in total. The summed E-state index contributed by atoms with van der Waals surface area (Å²) in [6, 6.07) is 26.6. The van der Waals surface area contributed by atoms with Crippen molar-refractivity contribution in [3.63, 3.8) is 0 Å². The van der Waals surface area contributed by atoms with Gasteiger partial charge in [0.2, 0.25) is 0 Å². The second-order valence-electron chi connectivity index (χ2n) is 7.14. The fourth-order valence-electron chi connectivity index (χ4n) is 3.62. The molecule has 1 heterocycles. The number of benzene rings is 3. The summed E-state index contributed by atoms with van der Waals surface area (Å²) >= 11 is 3.53. The smallest absolute Gasteiger partial charge is 0.253 e. The third-order valence-electron chi connectivity index (χ3n) is 5.19. The van der Waals surface area contributed by atoms with E-state index >= 15 is 0 Å². The molecule has 1 aliphatic heterocycles. The first kappa shape index (κ1) is 18.9. The molecule has 0 unspecified atom stereocenters. The van der Waals surface area contributed by atoms with Crippen LogP contribution in [-0.2, 0) is 6.54 Å². The van der Waals surface area contributed by atoms with E-state index in [4.69, 9.17) is 0 Å². The van der Waals surface area contributed by atoms with Crippen LogP contribution in [0.5, 0.6) is 0 Å². The lowest BCUT2D eigenvalue weighted by Crippen LogP contribution is -2.48. The molecule has 1 fully saturated rings. The summed E-state index contributed by atoms with van der Waals surface area (Å²) in [6.07, 6.45) is 0. The van der Waals surface area contributed by atoms with Crippen molar-refractivity contribution in [3.05, 3.63) is 94.5 Å². The molecule has 142 valence electrons. The molecule has 1 saturated heterocycles. The van der Waals surface area contributed by atoms with Crippen LogP contribution in [0.2, 0.25) is 0 Å². The summed E-state index contributed by atoms with van der Waals surface area (Å²) in [7, 11) is 0. The second kappa shape index (κ2) is 8.72. The largest absolute Gasteiger partial charge is 0.336 e.